The molecule has 0 bridgehead atoms. The van der Waals surface area contributed by atoms with Crippen molar-refractivity contribution in [3.63, 3.8) is 0 Å². The first-order valence-corrected chi connectivity index (χ1v) is 9.22. The quantitative estimate of drug-likeness (QED) is 0.734. The zero-order chi connectivity index (χ0) is 20.1. The Morgan fingerprint density at radius 2 is 1.89 bits per heavy atom. The highest BCUT2D eigenvalue weighted by Crippen LogP contribution is 2.27. The number of amides is 3. The van der Waals surface area contributed by atoms with Gasteiger partial charge in [-0.1, -0.05) is 29.8 Å². The molecule has 0 spiro atoms. The van der Waals surface area contributed by atoms with Gasteiger partial charge in [0.2, 0.25) is 11.8 Å². The SMILES string of the molecule is C=CCNC(=O)c1ccccc1NC(=O)[C@@H]1CC(=O)N(c2ccc(Cl)cc2)C1. The van der Waals surface area contributed by atoms with Crippen LogP contribution in [0.2, 0.25) is 5.02 Å². The maximum atomic E-state index is 12.7. The first kappa shape index (κ1) is 19.6. The summed E-state index contributed by atoms with van der Waals surface area (Å²) in [5, 5.41) is 6.06. The van der Waals surface area contributed by atoms with Crippen LogP contribution in [0.25, 0.3) is 0 Å². The number of anilines is 2. The lowest BCUT2D eigenvalue weighted by Crippen LogP contribution is -2.29. The predicted molar refractivity (Wildman–Crippen MR) is 110 cm³/mol. The van der Waals surface area contributed by atoms with Crippen LogP contribution in [0.4, 0.5) is 11.4 Å². The fourth-order valence-electron chi connectivity index (χ4n) is 3.04. The Hall–Kier alpha value is -3.12. The van der Waals surface area contributed by atoms with E-state index in [-0.39, 0.29) is 30.7 Å². The summed E-state index contributed by atoms with van der Waals surface area (Å²) in [6.07, 6.45) is 1.69. The summed E-state index contributed by atoms with van der Waals surface area (Å²) in [6, 6.07) is 13.7. The lowest BCUT2D eigenvalue weighted by molar-refractivity contribution is -0.122. The monoisotopic (exact) mass is 397 g/mol. The van der Waals surface area contributed by atoms with E-state index in [4.69, 9.17) is 11.6 Å². The van der Waals surface area contributed by atoms with E-state index in [2.05, 4.69) is 17.2 Å². The number of carbonyl (C=O) groups is 3. The van der Waals surface area contributed by atoms with Gasteiger partial charge >= 0.3 is 0 Å². The molecule has 2 N–H and O–H groups in total. The average molecular weight is 398 g/mol. The predicted octanol–water partition coefficient (Wildman–Crippen LogP) is 3.25. The van der Waals surface area contributed by atoms with E-state index in [0.717, 1.165) is 0 Å². The Morgan fingerprint density at radius 3 is 2.61 bits per heavy atom. The molecule has 0 saturated carbocycles. The summed E-state index contributed by atoms with van der Waals surface area (Å²) < 4.78 is 0. The van der Waals surface area contributed by atoms with Crippen LogP contribution < -0.4 is 15.5 Å². The van der Waals surface area contributed by atoms with Crippen LogP contribution in [0.5, 0.6) is 0 Å². The molecule has 1 aliphatic rings. The number of hydrogen-bond donors (Lipinski definition) is 2. The largest absolute Gasteiger partial charge is 0.349 e. The molecule has 0 unspecified atom stereocenters. The van der Waals surface area contributed by atoms with Gasteiger partial charge in [-0.2, -0.15) is 0 Å². The van der Waals surface area contributed by atoms with Crippen molar-refractivity contribution in [1.82, 2.24) is 5.32 Å². The summed E-state index contributed by atoms with van der Waals surface area (Å²) in [7, 11) is 0. The van der Waals surface area contributed by atoms with Crippen LogP contribution in [0.15, 0.2) is 61.2 Å². The minimum absolute atomic E-state index is 0.110. The van der Waals surface area contributed by atoms with Gasteiger partial charge in [-0.05, 0) is 36.4 Å². The summed E-state index contributed by atoms with van der Waals surface area (Å²) >= 11 is 5.89. The topological polar surface area (TPSA) is 78.5 Å². The summed E-state index contributed by atoms with van der Waals surface area (Å²) in [5.41, 5.74) is 1.47. The van der Waals surface area contributed by atoms with Crippen molar-refractivity contribution in [2.45, 2.75) is 6.42 Å². The van der Waals surface area contributed by atoms with Crippen LogP contribution >= 0.6 is 11.6 Å². The maximum Gasteiger partial charge on any atom is 0.253 e. The molecule has 7 heteroatoms. The van der Waals surface area contributed by atoms with Crippen molar-refractivity contribution >= 4 is 40.7 Å². The van der Waals surface area contributed by atoms with Crippen molar-refractivity contribution in [3.05, 3.63) is 71.8 Å². The molecular formula is C21H20ClN3O3. The molecule has 1 saturated heterocycles. The second-order valence-electron chi connectivity index (χ2n) is 6.42. The summed E-state index contributed by atoms with van der Waals surface area (Å²) in [5.74, 6) is -1.23. The van der Waals surface area contributed by atoms with Crippen molar-refractivity contribution in [1.29, 1.82) is 0 Å². The van der Waals surface area contributed by atoms with Gasteiger partial charge in [0.1, 0.15) is 0 Å². The third kappa shape index (κ3) is 4.40. The Bertz CT molecular complexity index is 911. The highest BCUT2D eigenvalue weighted by molar-refractivity contribution is 6.30. The number of para-hydroxylation sites is 1. The number of benzene rings is 2. The van der Waals surface area contributed by atoms with Crippen molar-refractivity contribution in [3.8, 4) is 0 Å². The lowest BCUT2D eigenvalue weighted by Gasteiger charge is -2.17. The van der Waals surface area contributed by atoms with Crippen LogP contribution in [-0.4, -0.2) is 30.8 Å². The molecule has 6 nitrogen and oxygen atoms in total. The molecule has 2 aromatic carbocycles. The lowest BCUT2D eigenvalue weighted by atomic mass is 10.1. The standard InChI is InChI=1S/C21H20ClN3O3/c1-2-11-23-21(28)17-5-3-4-6-18(17)24-20(27)14-12-19(26)25(13-14)16-9-7-15(22)8-10-16/h2-10,14H,1,11-13H2,(H,23,28)(H,24,27)/t14-/m1/s1. The van der Waals surface area contributed by atoms with E-state index in [1.165, 1.54) is 0 Å². The van der Waals surface area contributed by atoms with Crippen LogP contribution in [0.3, 0.4) is 0 Å². The van der Waals surface area contributed by atoms with E-state index < -0.39 is 5.92 Å². The molecule has 144 valence electrons. The number of hydrogen-bond acceptors (Lipinski definition) is 3. The first-order valence-electron chi connectivity index (χ1n) is 8.84. The summed E-state index contributed by atoms with van der Waals surface area (Å²) in [4.78, 5) is 38.9. The van der Waals surface area contributed by atoms with E-state index in [1.807, 2.05) is 0 Å². The van der Waals surface area contributed by atoms with Gasteiger partial charge in [0.05, 0.1) is 17.2 Å². The smallest absolute Gasteiger partial charge is 0.253 e. The Balaban J connectivity index is 1.70. The molecule has 1 heterocycles. The van der Waals surface area contributed by atoms with Crippen LogP contribution in [0.1, 0.15) is 16.8 Å². The van der Waals surface area contributed by atoms with Crippen LogP contribution in [0, 0.1) is 5.92 Å². The van der Waals surface area contributed by atoms with Crippen molar-refractivity contribution < 1.29 is 14.4 Å². The maximum absolute atomic E-state index is 12.7. The van der Waals surface area contributed by atoms with E-state index in [0.29, 0.717) is 28.5 Å². The molecular weight excluding hydrogens is 378 g/mol. The van der Waals surface area contributed by atoms with Gasteiger partial charge in [0.15, 0.2) is 0 Å². The average Bonchev–Trinajstić information content (AvgIpc) is 3.09. The second-order valence-corrected chi connectivity index (χ2v) is 6.85. The number of carbonyl (C=O) groups excluding carboxylic acids is 3. The number of nitrogens with one attached hydrogen (secondary N) is 2. The minimum atomic E-state index is -0.507. The minimum Gasteiger partial charge on any atom is -0.349 e. The normalized spacial score (nSPS) is 16.0. The first-order chi connectivity index (χ1) is 13.5. The zero-order valence-electron chi connectivity index (χ0n) is 15.2. The Morgan fingerprint density at radius 1 is 1.18 bits per heavy atom. The van der Waals surface area contributed by atoms with Gasteiger partial charge in [0.25, 0.3) is 5.91 Å². The molecule has 1 aliphatic heterocycles. The molecule has 3 amide bonds. The molecule has 1 atom stereocenters. The molecule has 1 fully saturated rings. The second kappa shape index (κ2) is 8.71. The molecule has 0 radical (unpaired) electrons. The van der Waals surface area contributed by atoms with Gasteiger partial charge in [-0.25, -0.2) is 0 Å². The molecule has 2 aromatic rings. The third-order valence-corrected chi connectivity index (χ3v) is 4.72. The van der Waals surface area contributed by atoms with Crippen LogP contribution in [-0.2, 0) is 9.59 Å². The third-order valence-electron chi connectivity index (χ3n) is 4.47. The molecule has 0 aliphatic carbocycles. The fourth-order valence-corrected chi connectivity index (χ4v) is 3.16. The van der Waals surface area contributed by atoms with Crippen molar-refractivity contribution in [2.75, 3.05) is 23.3 Å². The zero-order valence-corrected chi connectivity index (χ0v) is 15.9. The Kier molecular flexibility index (Phi) is 6.11. The van der Waals surface area contributed by atoms with Gasteiger partial charge in [0, 0.05) is 30.2 Å². The van der Waals surface area contributed by atoms with Gasteiger partial charge < -0.3 is 15.5 Å². The van der Waals surface area contributed by atoms with Crippen molar-refractivity contribution in [2.24, 2.45) is 5.92 Å². The van der Waals surface area contributed by atoms with Gasteiger partial charge in [-0.15, -0.1) is 6.58 Å². The van der Waals surface area contributed by atoms with Gasteiger partial charge in [-0.3, -0.25) is 14.4 Å². The number of rotatable bonds is 6. The molecule has 0 aromatic heterocycles. The molecule has 28 heavy (non-hydrogen) atoms. The Labute approximate surface area is 168 Å². The summed E-state index contributed by atoms with van der Waals surface area (Å²) in [6.45, 7) is 4.17. The number of nitrogens with zero attached hydrogens (tertiary/aromatic N) is 1. The molecule has 3 rings (SSSR count). The highest BCUT2D eigenvalue weighted by Gasteiger charge is 2.35. The van der Waals surface area contributed by atoms with E-state index in [1.54, 1.807) is 59.5 Å². The highest BCUT2D eigenvalue weighted by atomic mass is 35.5. The van der Waals surface area contributed by atoms with E-state index >= 15 is 0 Å². The van der Waals surface area contributed by atoms with E-state index in [9.17, 15) is 14.4 Å². The fraction of sp³-hybridized carbons (Fsp3) is 0.190. The number of halogens is 1.